The highest BCUT2D eigenvalue weighted by atomic mass is 16.3. The van der Waals surface area contributed by atoms with Crippen LogP contribution in [0.2, 0.25) is 0 Å². The quantitative estimate of drug-likeness (QED) is 0.180. The van der Waals surface area contributed by atoms with E-state index in [9.17, 15) is 0 Å². The summed E-state index contributed by atoms with van der Waals surface area (Å²) in [5.41, 5.74) is 14.3. The minimum absolute atomic E-state index is 0.242. The van der Waals surface area contributed by atoms with Gasteiger partial charge in [0.05, 0.1) is 0 Å². The normalized spacial score (nSPS) is 20.4. The molecule has 1 aromatic heterocycles. The van der Waals surface area contributed by atoms with Gasteiger partial charge in [0, 0.05) is 22.1 Å². The zero-order chi connectivity index (χ0) is 33.7. The Morgan fingerprint density at radius 3 is 2.00 bits per heavy atom. The van der Waals surface area contributed by atoms with E-state index in [0.717, 1.165) is 30.4 Å². The van der Waals surface area contributed by atoms with Gasteiger partial charge in [-0.3, -0.25) is 0 Å². The van der Waals surface area contributed by atoms with Crippen molar-refractivity contribution in [3.05, 3.63) is 192 Å². The van der Waals surface area contributed by atoms with Gasteiger partial charge in [0.15, 0.2) is 0 Å². The second-order valence-electron chi connectivity index (χ2n) is 14.7. The number of furan rings is 1. The third kappa shape index (κ3) is 5.49. The Bertz CT molecular complexity index is 2540. The van der Waals surface area contributed by atoms with Crippen LogP contribution in [0.5, 0.6) is 0 Å². The Balaban J connectivity index is 1.07. The molecule has 3 aliphatic carbocycles. The highest BCUT2D eigenvalue weighted by Gasteiger charge is 2.31. The monoisotopic (exact) mass is 656 g/mol. The lowest BCUT2D eigenvalue weighted by molar-refractivity contribution is 0.344. The van der Waals surface area contributed by atoms with E-state index in [1.165, 1.54) is 78.9 Å². The summed E-state index contributed by atoms with van der Waals surface area (Å²) in [5.74, 6) is 1.57. The predicted molar refractivity (Wildman–Crippen MR) is 214 cm³/mol. The smallest absolute Gasteiger partial charge is 0.143 e. The summed E-state index contributed by atoms with van der Waals surface area (Å²) in [5, 5.41) is 4.85. The fraction of sp³-hybridized carbons (Fsp3) is 0.160. The zero-order valence-corrected chi connectivity index (χ0v) is 28.8. The van der Waals surface area contributed by atoms with E-state index < -0.39 is 0 Å². The van der Waals surface area contributed by atoms with Crippen LogP contribution in [0.15, 0.2) is 179 Å². The van der Waals surface area contributed by atoms with Gasteiger partial charge >= 0.3 is 0 Å². The van der Waals surface area contributed by atoms with Crippen LogP contribution in [0.4, 0.5) is 0 Å². The van der Waals surface area contributed by atoms with Gasteiger partial charge in [-0.25, -0.2) is 0 Å². The highest BCUT2D eigenvalue weighted by Crippen LogP contribution is 2.48. The zero-order valence-electron chi connectivity index (χ0n) is 28.8. The van der Waals surface area contributed by atoms with Crippen molar-refractivity contribution in [3.8, 4) is 11.1 Å². The van der Waals surface area contributed by atoms with Crippen LogP contribution in [-0.2, 0) is 0 Å². The van der Waals surface area contributed by atoms with Gasteiger partial charge in [-0.1, -0.05) is 146 Å². The summed E-state index contributed by atoms with van der Waals surface area (Å²) in [6.45, 7) is 0. The second kappa shape index (κ2) is 12.6. The van der Waals surface area contributed by atoms with E-state index in [1.807, 2.05) is 0 Å². The molecule has 0 fully saturated rings. The van der Waals surface area contributed by atoms with Crippen molar-refractivity contribution >= 4 is 43.9 Å². The molecule has 10 rings (SSSR count). The molecule has 0 radical (unpaired) electrons. The van der Waals surface area contributed by atoms with Gasteiger partial charge < -0.3 is 4.42 Å². The van der Waals surface area contributed by atoms with Gasteiger partial charge in [0.2, 0.25) is 0 Å². The molecule has 7 aromatic rings. The molecule has 1 heteroatoms. The van der Waals surface area contributed by atoms with Crippen molar-refractivity contribution in [3.63, 3.8) is 0 Å². The molecule has 1 heterocycles. The number of hydrogen-bond donors (Lipinski definition) is 0. The highest BCUT2D eigenvalue weighted by molar-refractivity contribution is 6.16. The van der Waals surface area contributed by atoms with E-state index in [2.05, 4.69) is 164 Å². The number of rotatable bonds is 5. The molecule has 0 aliphatic heterocycles. The molecule has 6 aromatic carbocycles. The van der Waals surface area contributed by atoms with E-state index in [1.54, 1.807) is 5.57 Å². The minimum Gasteiger partial charge on any atom is -0.455 e. The maximum atomic E-state index is 6.65. The first-order chi connectivity index (χ1) is 25.2. The second-order valence-corrected chi connectivity index (χ2v) is 14.7. The van der Waals surface area contributed by atoms with Crippen LogP contribution in [0, 0.1) is 11.8 Å². The van der Waals surface area contributed by atoms with Crippen LogP contribution in [0.3, 0.4) is 0 Å². The summed E-state index contributed by atoms with van der Waals surface area (Å²) in [7, 11) is 0. The topological polar surface area (TPSA) is 13.1 Å². The Hall–Kier alpha value is -5.66. The lowest BCUT2D eigenvalue weighted by Gasteiger charge is -2.36. The van der Waals surface area contributed by atoms with E-state index in [0.29, 0.717) is 11.8 Å². The van der Waals surface area contributed by atoms with Gasteiger partial charge in [0.25, 0.3) is 0 Å². The fourth-order valence-electron chi connectivity index (χ4n) is 9.13. The average molecular weight is 657 g/mol. The SMILES string of the molecule is C1=C(C2=CCC3C=C(c4ccccc4)CCC3C2)CC(c2cc3c4cc(-c5ccccc5)ccc4oc3c3ccccc23)C=C1c1ccccc1. The molecule has 3 aliphatic rings. The van der Waals surface area contributed by atoms with Crippen molar-refractivity contribution in [1.29, 1.82) is 0 Å². The molecule has 0 amide bonds. The fourth-order valence-corrected chi connectivity index (χ4v) is 9.13. The summed E-state index contributed by atoms with van der Waals surface area (Å²) >= 11 is 0. The number of hydrogen-bond acceptors (Lipinski definition) is 1. The molecule has 0 bridgehead atoms. The third-order valence-corrected chi connectivity index (χ3v) is 11.8. The maximum absolute atomic E-state index is 6.65. The summed E-state index contributed by atoms with van der Waals surface area (Å²) in [4.78, 5) is 0. The van der Waals surface area contributed by atoms with Crippen molar-refractivity contribution in [2.45, 2.75) is 38.0 Å². The average Bonchev–Trinajstić information content (AvgIpc) is 3.59. The molecule has 0 N–H and O–H groups in total. The minimum atomic E-state index is 0.242. The summed E-state index contributed by atoms with van der Waals surface area (Å²) < 4.78 is 6.65. The molecule has 51 heavy (non-hydrogen) atoms. The summed E-state index contributed by atoms with van der Waals surface area (Å²) in [6.07, 6.45) is 16.0. The van der Waals surface area contributed by atoms with Crippen molar-refractivity contribution in [2.24, 2.45) is 11.8 Å². The molecule has 0 saturated carbocycles. The van der Waals surface area contributed by atoms with Crippen LogP contribution in [0.1, 0.15) is 54.7 Å². The van der Waals surface area contributed by atoms with Gasteiger partial charge in [-0.2, -0.15) is 0 Å². The van der Waals surface area contributed by atoms with Gasteiger partial charge in [-0.05, 0) is 118 Å². The van der Waals surface area contributed by atoms with E-state index in [4.69, 9.17) is 4.42 Å². The van der Waals surface area contributed by atoms with Gasteiger partial charge in [-0.15, -0.1) is 0 Å². The molecule has 3 unspecified atom stereocenters. The van der Waals surface area contributed by atoms with Crippen LogP contribution in [-0.4, -0.2) is 0 Å². The first-order valence-corrected chi connectivity index (χ1v) is 18.6. The van der Waals surface area contributed by atoms with E-state index >= 15 is 0 Å². The predicted octanol–water partition coefficient (Wildman–Crippen LogP) is 13.7. The van der Waals surface area contributed by atoms with E-state index in [-0.39, 0.29) is 5.92 Å². The first kappa shape index (κ1) is 30.2. The molecule has 0 saturated heterocycles. The molecule has 0 spiro atoms. The summed E-state index contributed by atoms with van der Waals surface area (Å²) in [6, 6.07) is 50.6. The Morgan fingerprint density at radius 2 is 1.22 bits per heavy atom. The van der Waals surface area contributed by atoms with Crippen molar-refractivity contribution in [1.82, 2.24) is 0 Å². The van der Waals surface area contributed by atoms with Crippen LogP contribution in [0.25, 0.3) is 55.0 Å². The Kier molecular flexibility index (Phi) is 7.45. The van der Waals surface area contributed by atoms with Gasteiger partial charge in [0.1, 0.15) is 11.2 Å². The molecule has 1 nitrogen and oxygen atoms in total. The third-order valence-electron chi connectivity index (χ3n) is 11.8. The van der Waals surface area contributed by atoms with Crippen LogP contribution < -0.4 is 0 Å². The molecular formula is C50H40O. The number of benzene rings is 6. The molecule has 246 valence electrons. The lowest BCUT2D eigenvalue weighted by Crippen LogP contribution is -2.22. The Morgan fingerprint density at radius 1 is 0.510 bits per heavy atom. The lowest BCUT2D eigenvalue weighted by atomic mass is 9.69. The standard InChI is InChI=1S/C50H40O/c1-4-12-33(13-5-1)36-20-21-38-27-39(23-22-37(38)26-36)42-28-41(35-16-8-3-9-17-35)29-43(30-42)46-32-48-47-31-40(34-14-6-2-7-15-34)24-25-49(47)51-50(48)45-19-11-10-18-44(45)46/h1-19,23-26,28-29,31-32,37-38,43H,20-22,27,30H2. The van der Waals surface area contributed by atoms with Crippen LogP contribution >= 0.6 is 0 Å². The molecule has 3 atom stereocenters. The van der Waals surface area contributed by atoms with Crippen molar-refractivity contribution < 1.29 is 4.42 Å². The van der Waals surface area contributed by atoms with Crippen molar-refractivity contribution in [2.75, 3.05) is 0 Å². The molecular weight excluding hydrogens is 617 g/mol. The number of allylic oxidation sites excluding steroid dienone is 8. The Labute approximate surface area is 300 Å². The largest absolute Gasteiger partial charge is 0.455 e. The number of fused-ring (bicyclic) bond motifs is 6. The maximum Gasteiger partial charge on any atom is 0.143 e. The first-order valence-electron chi connectivity index (χ1n) is 18.6.